The Morgan fingerprint density at radius 3 is 2.61 bits per heavy atom. The highest BCUT2D eigenvalue weighted by molar-refractivity contribution is 6.20. The standard InChI is InChI=1S/C25H17NO7/c1-13-6-8-18(32-13)22-21(23(27)20-10-14-4-2-3-5-16(14)33-20)24(28)25(29)26(22)15-7-9-17-19(11-15)31-12-30-17/h2-11,22,28H,12H2,1H3. The molecule has 2 aliphatic heterocycles. The molecule has 1 atom stereocenters. The van der Waals surface area contributed by atoms with Gasteiger partial charge in [-0.2, -0.15) is 0 Å². The number of anilines is 1. The molecule has 0 saturated heterocycles. The maximum Gasteiger partial charge on any atom is 0.294 e. The van der Waals surface area contributed by atoms with Gasteiger partial charge in [0.1, 0.15) is 23.1 Å². The van der Waals surface area contributed by atoms with Crippen molar-refractivity contribution in [3.05, 3.63) is 89.3 Å². The van der Waals surface area contributed by atoms with Gasteiger partial charge in [0.15, 0.2) is 23.0 Å². The molecular weight excluding hydrogens is 426 g/mol. The number of benzene rings is 2. The highest BCUT2D eigenvalue weighted by atomic mass is 16.7. The Kier molecular flexibility index (Phi) is 4.10. The number of Topliss-reactive ketones (excluding diaryl/α,β-unsaturated/α-hetero) is 1. The van der Waals surface area contributed by atoms with Crippen LogP contribution in [-0.4, -0.2) is 23.6 Å². The summed E-state index contributed by atoms with van der Waals surface area (Å²) in [7, 11) is 0. The average molecular weight is 443 g/mol. The Labute approximate surface area is 187 Å². The van der Waals surface area contributed by atoms with E-state index in [1.165, 1.54) is 4.90 Å². The molecular formula is C25H17NO7. The van der Waals surface area contributed by atoms with E-state index in [2.05, 4.69) is 0 Å². The van der Waals surface area contributed by atoms with Crippen LogP contribution in [0.1, 0.15) is 28.1 Å². The van der Waals surface area contributed by atoms with Crippen LogP contribution in [0.4, 0.5) is 5.69 Å². The molecule has 4 heterocycles. The van der Waals surface area contributed by atoms with Crippen LogP contribution in [0.5, 0.6) is 11.5 Å². The molecule has 8 nitrogen and oxygen atoms in total. The van der Waals surface area contributed by atoms with E-state index in [1.807, 2.05) is 12.1 Å². The number of ether oxygens (including phenoxy) is 2. The first kappa shape index (κ1) is 19.2. The lowest BCUT2D eigenvalue weighted by Crippen LogP contribution is -2.30. The van der Waals surface area contributed by atoms with Gasteiger partial charge in [-0.1, -0.05) is 18.2 Å². The number of para-hydroxylation sites is 1. The maximum absolute atomic E-state index is 13.6. The first-order chi connectivity index (χ1) is 16.0. The predicted octanol–water partition coefficient (Wildman–Crippen LogP) is 4.85. The zero-order valence-corrected chi connectivity index (χ0v) is 17.4. The number of aliphatic hydroxyl groups is 1. The van der Waals surface area contributed by atoms with E-state index >= 15 is 0 Å². The first-order valence-electron chi connectivity index (χ1n) is 10.3. The van der Waals surface area contributed by atoms with Gasteiger partial charge < -0.3 is 23.4 Å². The lowest BCUT2D eigenvalue weighted by atomic mass is 9.99. The molecule has 0 bridgehead atoms. The van der Waals surface area contributed by atoms with Crippen molar-refractivity contribution in [3.63, 3.8) is 0 Å². The number of aryl methyl sites for hydroxylation is 1. The van der Waals surface area contributed by atoms with Gasteiger partial charge >= 0.3 is 0 Å². The van der Waals surface area contributed by atoms with Crippen molar-refractivity contribution in [1.29, 1.82) is 0 Å². The fourth-order valence-corrected chi connectivity index (χ4v) is 4.23. The van der Waals surface area contributed by atoms with Crippen LogP contribution < -0.4 is 14.4 Å². The zero-order valence-electron chi connectivity index (χ0n) is 17.4. The monoisotopic (exact) mass is 443 g/mol. The summed E-state index contributed by atoms with van der Waals surface area (Å²) in [5, 5.41) is 11.6. The number of carbonyl (C=O) groups excluding carboxylic acids is 2. The van der Waals surface area contributed by atoms with Crippen molar-refractivity contribution in [2.75, 3.05) is 11.7 Å². The van der Waals surface area contributed by atoms with Gasteiger partial charge in [-0.05, 0) is 43.3 Å². The summed E-state index contributed by atoms with van der Waals surface area (Å²) in [4.78, 5) is 28.1. The highest BCUT2D eigenvalue weighted by Gasteiger charge is 2.47. The number of furan rings is 2. The minimum absolute atomic E-state index is 0.0198. The zero-order chi connectivity index (χ0) is 22.7. The number of nitrogens with zero attached hydrogens (tertiary/aromatic N) is 1. The van der Waals surface area contributed by atoms with Gasteiger partial charge in [-0.3, -0.25) is 14.5 Å². The van der Waals surface area contributed by atoms with Crippen molar-refractivity contribution in [1.82, 2.24) is 0 Å². The van der Waals surface area contributed by atoms with Crippen LogP contribution >= 0.6 is 0 Å². The molecule has 0 fully saturated rings. The molecule has 0 aliphatic carbocycles. The third-order valence-electron chi connectivity index (χ3n) is 5.77. The molecule has 0 radical (unpaired) electrons. The number of fused-ring (bicyclic) bond motifs is 2. The van der Waals surface area contributed by atoms with E-state index in [4.69, 9.17) is 18.3 Å². The van der Waals surface area contributed by atoms with Gasteiger partial charge in [0.25, 0.3) is 5.91 Å². The van der Waals surface area contributed by atoms with Crippen molar-refractivity contribution in [2.24, 2.45) is 0 Å². The Hall–Kier alpha value is -4.46. The van der Waals surface area contributed by atoms with Crippen LogP contribution in [0.25, 0.3) is 11.0 Å². The van der Waals surface area contributed by atoms with E-state index in [-0.39, 0.29) is 18.1 Å². The minimum atomic E-state index is -0.993. The van der Waals surface area contributed by atoms with E-state index in [1.54, 1.807) is 55.5 Å². The SMILES string of the molecule is Cc1ccc(C2C(C(=O)c3cc4ccccc4o3)=C(O)C(=O)N2c2ccc3c(c2)OCO3)o1. The van der Waals surface area contributed by atoms with Crippen LogP contribution in [0.2, 0.25) is 0 Å². The van der Waals surface area contributed by atoms with E-state index in [0.29, 0.717) is 34.3 Å². The highest BCUT2D eigenvalue weighted by Crippen LogP contribution is 2.45. The number of amides is 1. The maximum atomic E-state index is 13.6. The van der Waals surface area contributed by atoms with Crippen LogP contribution in [0.3, 0.4) is 0 Å². The van der Waals surface area contributed by atoms with E-state index in [9.17, 15) is 14.7 Å². The number of carbonyl (C=O) groups is 2. The number of hydrogen-bond donors (Lipinski definition) is 1. The molecule has 1 amide bonds. The Bertz CT molecular complexity index is 1440. The van der Waals surface area contributed by atoms with Gasteiger partial charge in [-0.15, -0.1) is 0 Å². The van der Waals surface area contributed by atoms with Gasteiger partial charge in [0.05, 0.1) is 5.57 Å². The quantitative estimate of drug-likeness (QED) is 0.450. The van der Waals surface area contributed by atoms with Crippen molar-refractivity contribution in [3.8, 4) is 11.5 Å². The molecule has 2 aromatic carbocycles. The second-order valence-corrected chi connectivity index (χ2v) is 7.80. The van der Waals surface area contributed by atoms with Gasteiger partial charge in [0, 0.05) is 17.1 Å². The summed E-state index contributed by atoms with van der Waals surface area (Å²) in [5.74, 6) is -0.0138. The second-order valence-electron chi connectivity index (χ2n) is 7.80. The molecule has 0 saturated carbocycles. The molecule has 2 aliphatic rings. The number of rotatable bonds is 4. The number of ketones is 1. The molecule has 1 N–H and O–H groups in total. The molecule has 164 valence electrons. The molecule has 1 unspecified atom stereocenters. The smallest absolute Gasteiger partial charge is 0.294 e. The summed E-state index contributed by atoms with van der Waals surface area (Å²) < 4.78 is 22.3. The van der Waals surface area contributed by atoms with Gasteiger partial charge in [-0.25, -0.2) is 0 Å². The van der Waals surface area contributed by atoms with Gasteiger partial charge in [0.2, 0.25) is 12.6 Å². The molecule has 6 rings (SSSR count). The normalized spacial score (nSPS) is 17.4. The lowest BCUT2D eigenvalue weighted by molar-refractivity contribution is -0.117. The molecule has 33 heavy (non-hydrogen) atoms. The third kappa shape index (κ3) is 2.91. The summed E-state index contributed by atoms with van der Waals surface area (Å²) in [6.07, 6.45) is 0. The molecule has 4 aromatic rings. The Morgan fingerprint density at radius 2 is 1.82 bits per heavy atom. The van der Waals surface area contributed by atoms with Crippen LogP contribution in [0.15, 0.2) is 80.8 Å². The Balaban J connectivity index is 1.49. The fourth-order valence-electron chi connectivity index (χ4n) is 4.23. The first-order valence-corrected chi connectivity index (χ1v) is 10.3. The summed E-state index contributed by atoms with van der Waals surface area (Å²) >= 11 is 0. The molecule has 0 spiro atoms. The Morgan fingerprint density at radius 1 is 1.00 bits per heavy atom. The summed E-state index contributed by atoms with van der Waals surface area (Å²) in [6.45, 7) is 1.84. The van der Waals surface area contributed by atoms with E-state index < -0.39 is 23.5 Å². The van der Waals surface area contributed by atoms with Crippen LogP contribution in [0, 0.1) is 6.92 Å². The third-order valence-corrected chi connectivity index (χ3v) is 5.77. The van der Waals surface area contributed by atoms with Crippen molar-refractivity contribution in [2.45, 2.75) is 13.0 Å². The lowest BCUT2D eigenvalue weighted by Gasteiger charge is -2.25. The van der Waals surface area contributed by atoms with Crippen molar-refractivity contribution >= 4 is 28.3 Å². The van der Waals surface area contributed by atoms with Crippen LogP contribution in [-0.2, 0) is 4.79 Å². The topological polar surface area (TPSA) is 102 Å². The molecule has 8 heteroatoms. The average Bonchev–Trinajstić information content (AvgIpc) is 3.59. The predicted molar refractivity (Wildman–Crippen MR) is 116 cm³/mol. The number of aliphatic hydroxyl groups excluding tert-OH is 1. The van der Waals surface area contributed by atoms with Crippen molar-refractivity contribution < 1.29 is 33.0 Å². The second kappa shape index (κ2) is 7.03. The summed E-state index contributed by atoms with van der Waals surface area (Å²) in [6, 6.07) is 16.2. The molecule has 2 aromatic heterocycles. The summed E-state index contributed by atoms with van der Waals surface area (Å²) in [5.41, 5.74) is 0.830. The largest absolute Gasteiger partial charge is 0.503 e. The van der Waals surface area contributed by atoms with E-state index in [0.717, 1.165) is 5.39 Å². The minimum Gasteiger partial charge on any atom is -0.503 e. The fraction of sp³-hybridized carbons (Fsp3) is 0.120. The number of hydrogen-bond acceptors (Lipinski definition) is 7.